The van der Waals surface area contributed by atoms with Gasteiger partial charge in [-0.1, -0.05) is 38.6 Å². The zero-order valence-corrected chi connectivity index (χ0v) is 8.34. The average Bonchev–Trinajstić information content (AvgIpc) is 1.82. The Morgan fingerprint density at radius 1 is 1.58 bits per heavy atom. The van der Waals surface area contributed by atoms with Gasteiger partial charge in [-0.15, -0.1) is 0 Å². The Morgan fingerprint density at radius 2 is 2.25 bits per heavy atom. The van der Waals surface area contributed by atoms with Gasteiger partial charge in [0.15, 0.2) is 0 Å². The number of halogens is 1. The summed E-state index contributed by atoms with van der Waals surface area (Å²) in [4.78, 5) is 0. The molecule has 0 saturated carbocycles. The van der Waals surface area contributed by atoms with Gasteiger partial charge in [0, 0.05) is 11.8 Å². The van der Waals surface area contributed by atoms with E-state index in [1.165, 1.54) is 0 Å². The second-order valence-corrected chi connectivity index (χ2v) is 4.29. The lowest BCUT2D eigenvalue weighted by atomic mass is 9.97. The highest BCUT2D eigenvalue weighted by Crippen LogP contribution is 2.18. The summed E-state index contributed by atoms with van der Waals surface area (Å²) in [7, 11) is 0. The van der Waals surface area contributed by atoms with E-state index in [1.807, 2.05) is 6.20 Å². The number of amidine groups is 1. The van der Waals surface area contributed by atoms with E-state index in [1.54, 1.807) is 11.2 Å². The largest absolute Gasteiger partial charge is 0.430 e. The van der Waals surface area contributed by atoms with E-state index in [0.29, 0.717) is 5.29 Å². The van der Waals surface area contributed by atoms with Gasteiger partial charge >= 0.3 is 0 Å². The smallest absolute Gasteiger partial charge is 0.0257 e. The van der Waals surface area contributed by atoms with E-state index >= 15 is 0 Å². The maximum atomic E-state index is 5.63. The van der Waals surface area contributed by atoms with Crippen molar-refractivity contribution >= 4 is 16.9 Å². The summed E-state index contributed by atoms with van der Waals surface area (Å²) in [6, 6.07) is 0. The minimum Gasteiger partial charge on any atom is -0.430 e. The van der Waals surface area contributed by atoms with Crippen molar-refractivity contribution in [1.82, 2.24) is 5.01 Å². The molecule has 0 amide bonds. The van der Waals surface area contributed by atoms with E-state index in [2.05, 4.69) is 31.2 Å². The summed E-state index contributed by atoms with van der Waals surface area (Å²) in [5, 5.41) is 9.93. The molecule has 12 heavy (non-hydrogen) atoms. The van der Waals surface area contributed by atoms with Crippen LogP contribution in [0.1, 0.15) is 20.8 Å². The van der Waals surface area contributed by atoms with Crippen LogP contribution < -0.4 is 0 Å². The quantitative estimate of drug-likeness (QED) is 0.579. The monoisotopic (exact) mass is 186 g/mol. The van der Waals surface area contributed by atoms with Crippen molar-refractivity contribution in [1.29, 1.82) is 0 Å². The first-order valence-corrected chi connectivity index (χ1v) is 4.23. The van der Waals surface area contributed by atoms with Gasteiger partial charge in [0.2, 0.25) is 0 Å². The molecule has 0 aliphatic carbocycles. The van der Waals surface area contributed by atoms with E-state index in [-0.39, 0.29) is 5.41 Å². The van der Waals surface area contributed by atoms with Gasteiger partial charge in [0.1, 0.15) is 0 Å². The van der Waals surface area contributed by atoms with Gasteiger partial charge in [0.25, 0.3) is 0 Å². The number of hydrazone groups is 1. The summed E-state index contributed by atoms with van der Waals surface area (Å²) in [6.45, 7) is 7.29. The van der Waals surface area contributed by atoms with Crippen molar-refractivity contribution in [3.63, 3.8) is 0 Å². The van der Waals surface area contributed by atoms with Gasteiger partial charge in [-0.3, -0.25) is 0 Å². The van der Waals surface area contributed by atoms with Crippen LogP contribution in [-0.4, -0.2) is 16.8 Å². The summed E-state index contributed by atoms with van der Waals surface area (Å²) in [5.74, 6) is 0. The number of hydrogen-bond donors (Lipinski definition) is 0. The highest BCUT2D eigenvalue weighted by atomic mass is 35.5. The molecule has 4 heteroatoms. The van der Waals surface area contributed by atoms with Crippen molar-refractivity contribution in [3.05, 3.63) is 17.7 Å². The topological polar surface area (TPSA) is 29.7 Å². The normalized spacial score (nSPS) is 17.3. The summed E-state index contributed by atoms with van der Waals surface area (Å²) in [5.41, 5.74) is 0.211. The molecule has 0 atom stereocenters. The molecule has 0 fully saturated rings. The number of rotatable bonds is 1. The van der Waals surface area contributed by atoms with Crippen LogP contribution in [0.2, 0.25) is 0 Å². The van der Waals surface area contributed by atoms with E-state index in [9.17, 15) is 0 Å². The van der Waals surface area contributed by atoms with Crippen molar-refractivity contribution in [2.24, 2.45) is 10.5 Å². The van der Waals surface area contributed by atoms with Crippen LogP contribution in [0.3, 0.4) is 0 Å². The third kappa shape index (κ3) is 3.13. The van der Waals surface area contributed by atoms with Gasteiger partial charge in [-0.2, -0.15) is 0 Å². The lowest BCUT2D eigenvalue weighted by Crippen LogP contribution is -2.26. The van der Waals surface area contributed by atoms with Gasteiger partial charge in [0.05, 0.1) is 0 Å². The molecule has 0 N–H and O–H groups in total. The fourth-order valence-electron chi connectivity index (χ4n) is 0.911. The van der Waals surface area contributed by atoms with Crippen LogP contribution in [0.4, 0.5) is 0 Å². The first kappa shape index (κ1) is 9.39. The maximum absolute atomic E-state index is 5.63. The molecular formula is C8H13ClN3-. The van der Waals surface area contributed by atoms with Gasteiger partial charge < -0.3 is 15.4 Å². The van der Waals surface area contributed by atoms with Crippen LogP contribution in [0, 0.1) is 5.41 Å². The molecule has 1 heterocycles. The predicted molar refractivity (Wildman–Crippen MR) is 51.9 cm³/mol. The number of hydrogen-bond acceptors (Lipinski definition) is 2. The average molecular weight is 187 g/mol. The molecule has 1 rings (SSSR count). The van der Waals surface area contributed by atoms with Gasteiger partial charge in [-0.25, -0.2) is 0 Å². The van der Waals surface area contributed by atoms with Crippen molar-refractivity contribution < 1.29 is 0 Å². The molecule has 0 bridgehead atoms. The Balaban J connectivity index is 2.53. The molecule has 0 saturated heterocycles. The van der Waals surface area contributed by atoms with Crippen molar-refractivity contribution in [2.45, 2.75) is 20.8 Å². The van der Waals surface area contributed by atoms with E-state index in [4.69, 9.17) is 11.6 Å². The van der Waals surface area contributed by atoms with Crippen LogP contribution in [0.5, 0.6) is 0 Å². The Hall–Kier alpha value is -0.700. The zero-order chi connectivity index (χ0) is 9.19. The summed E-state index contributed by atoms with van der Waals surface area (Å²) in [6.07, 6.45) is 3.47. The minimum atomic E-state index is 0.211. The highest BCUT2D eigenvalue weighted by molar-refractivity contribution is 6.68. The molecule has 0 aromatic heterocycles. The molecule has 1 aliphatic rings. The molecule has 0 aromatic rings. The van der Waals surface area contributed by atoms with Crippen LogP contribution in [-0.2, 0) is 0 Å². The van der Waals surface area contributed by atoms with Gasteiger partial charge in [-0.05, 0) is 11.6 Å². The Bertz CT molecular complexity index is 215. The summed E-state index contributed by atoms with van der Waals surface area (Å²) >= 11 is 5.63. The van der Waals surface area contributed by atoms with Crippen molar-refractivity contribution in [2.75, 3.05) is 6.54 Å². The van der Waals surface area contributed by atoms with E-state index < -0.39 is 0 Å². The lowest BCUT2D eigenvalue weighted by molar-refractivity contribution is 0.259. The predicted octanol–water partition coefficient (Wildman–Crippen LogP) is 2.70. The SMILES string of the molecule is CC(C)(C)CN1C=C[N-]C(Cl)=N1. The molecule has 68 valence electrons. The highest BCUT2D eigenvalue weighted by Gasteiger charge is 2.11. The molecule has 0 spiro atoms. The first-order valence-electron chi connectivity index (χ1n) is 3.86. The molecular weight excluding hydrogens is 174 g/mol. The first-order chi connectivity index (χ1) is 5.47. The van der Waals surface area contributed by atoms with Crippen LogP contribution in [0.15, 0.2) is 17.5 Å². The lowest BCUT2D eigenvalue weighted by Gasteiger charge is -2.33. The fraction of sp³-hybridized carbons (Fsp3) is 0.625. The van der Waals surface area contributed by atoms with Crippen molar-refractivity contribution in [3.8, 4) is 0 Å². The Labute approximate surface area is 78.1 Å². The minimum absolute atomic E-state index is 0.211. The zero-order valence-electron chi connectivity index (χ0n) is 7.58. The third-order valence-electron chi connectivity index (χ3n) is 1.27. The third-order valence-corrected chi connectivity index (χ3v) is 1.44. The molecule has 0 unspecified atom stereocenters. The van der Waals surface area contributed by atoms with E-state index in [0.717, 1.165) is 6.54 Å². The number of nitrogens with zero attached hydrogens (tertiary/aromatic N) is 3. The van der Waals surface area contributed by atoms with Crippen LogP contribution >= 0.6 is 11.6 Å². The second kappa shape index (κ2) is 3.35. The maximum Gasteiger partial charge on any atom is 0.0257 e. The van der Waals surface area contributed by atoms with Crippen LogP contribution in [0.25, 0.3) is 5.32 Å². The Morgan fingerprint density at radius 3 is 2.75 bits per heavy atom. The second-order valence-electron chi connectivity index (χ2n) is 3.95. The molecule has 1 aliphatic heterocycles. The fourth-order valence-corrected chi connectivity index (χ4v) is 1.06. The molecule has 3 nitrogen and oxygen atoms in total. The summed E-state index contributed by atoms with van der Waals surface area (Å²) < 4.78 is 0. The molecule has 0 radical (unpaired) electrons. The molecule has 0 aromatic carbocycles. The Kier molecular flexibility index (Phi) is 2.62. The standard InChI is InChI=1S/C8H13ClN3/c1-8(2,3)6-12-5-4-10-7(9)11-12/h4-5H,6H2,1-3H3/q-1.